The van der Waals surface area contributed by atoms with Gasteiger partial charge in [-0.15, -0.1) is 0 Å². The summed E-state index contributed by atoms with van der Waals surface area (Å²) >= 11 is 0. The largest absolute Gasteiger partial charge is 0.394 e. The second-order valence-electron chi connectivity index (χ2n) is 29.3. The van der Waals surface area contributed by atoms with E-state index in [4.69, 9.17) is 47.4 Å². The molecule has 5 fully saturated rings. The van der Waals surface area contributed by atoms with Crippen LogP contribution in [0.4, 0.5) is 0 Å². The third kappa shape index (κ3) is 30.6. The number of nitrogens with one attached hydrogen (secondary N) is 3. The molecule has 5 heterocycles. The molecule has 0 saturated carbocycles. The van der Waals surface area contributed by atoms with Crippen molar-refractivity contribution in [2.24, 2.45) is 0 Å². The number of aliphatic hydroxyl groups excluding tert-OH is 15. The molecule has 31 nitrogen and oxygen atoms in total. The van der Waals surface area contributed by atoms with Crippen molar-refractivity contribution in [3.8, 4) is 0 Å². The zero-order chi connectivity index (χ0) is 76.8. The van der Waals surface area contributed by atoms with Crippen molar-refractivity contribution in [2.45, 2.75) is 399 Å². The number of carbonyl (C=O) groups is 3. The quantitative estimate of drug-likeness (QED) is 0.0301. The Morgan fingerprint density at radius 2 is 0.714 bits per heavy atom. The molecule has 10 unspecified atom stereocenters. The maximum atomic E-state index is 13.5. The summed E-state index contributed by atoms with van der Waals surface area (Å²) in [4.78, 5) is 38.7. The second-order valence-corrected chi connectivity index (χ2v) is 29.3. The minimum absolute atomic E-state index is 0.188. The molecule has 0 spiro atoms. The predicted molar refractivity (Wildman–Crippen MR) is 380 cm³/mol. The Hall–Kier alpha value is -2.85. The van der Waals surface area contributed by atoms with E-state index >= 15 is 0 Å². The number of allylic oxidation sites excluding steroid dienone is 1. The lowest BCUT2D eigenvalue weighted by Crippen LogP contribution is -2.71. The first kappa shape index (κ1) is 92.8. The molecule has 0 bridgehead atoms. The minimum Gasteiger partial charge on any atom is -0.394 e. The van der Waals surface area contributed by atoms with E-state index in [1.54, 1.807) is 6.08 Å². The van der Waals surface area contributed by atoms with Crippen LogP contribution < -0.4 is 16.0 Å². The number of hydrogen-bond donors (Lipinski definition) is 18. The van der Waals surface area contributed by atoms with Gasteiger partial charge in [0.2, 0.25) is 17.7 Å². The number of aliphatic hydroxyl groups is 15. The Morgan fingerprint density at radius 3 is 1.14 bits per heavy atom. The molecule has 3 amide bonds. The summed E-state index contributed by atoms with van der Waals surface area (Å²) < 4.78 is 59.2. The van der Waals surface area contributed by atoms with E-state index in [0.29, 0.717) is 12.8 Å². The molecular formula is C74H135N3O28. The fourth-order valence-electron chi connectivity index (χ4n) is 14.3. The molecule has 614 valence electrons. The van der Waals surface area contributed by atoms with Crippen LogP contribution in [-0.4, -0.2) is 300 Å². The molecule has 5 rings (SSSR count). The fraction of sp³-hybridized carbons (Fsp3) is 0.932. The third-order valence-corrected chi connectivity index (χ3v) is 20.6. The van der Waals surface area contributed by atoms with Crippen LogP contribution in [0.3, 0.4) is 0 Å². The van der Waals surface area contributed by atoms with Crippen LogP contribution in [0.5, 0.6) is 0 Å². The summed E-state index contributed by atoms with van der Waals surface area (Å²) in [6, 6.07) is -4.36. The Balaban J connectivity index is 1.21. The molecular weight excluding hydrogens is 1380 g/mol. The highest BCUT2D eigenvalue weighted by molar-refractivity contribution is 5.76. The zero-order valence-electron chi connectivity index (χ0n) is 62.6. The van der Waals surface area contributed by atoms with Gasteiger partial charge in [-0.1, -0.05) is 206 Å². The van der Waals surface area contributed by atoms with Crippen LogP contribution in [0, 0.1) is 0 Å². The summed E-state index contributed by atoms with van der Waals surface area (Å²) in [5.74, 6) is -1.89. The lowest BCUT2D eigenvalue weighted by Gasteiger charge is -2.50. The summed E-state index contributed by atoms with van der Waals surface area (Å²) in [5, 5.41) is 175. The average molecular weight is 1510 g/mol. The van der Waals surface area contributed by atoms with Crippen molar-refractivity contribution < 1.29 is 138 Å². The average Bonchev–Trinajstić information content (AvgIpc) is 0.770. The number of unbranched alkanes of at least 4 members (excludes halogenated alkanes) is 29. The molecule has 0 aromatic carbocycles. The van der Waals surface area contributed by atoms with Crippen LogP contribution in [-0.2, 0) is 61.8 Å². The molecule has 31 heteroatoms. The van der Waals surface area contributed by atoms with Gasteiger partial charge >= 0.3 is 0 Å². The monoisotopic (exact) mass is 1510 g/mol. The number of rotatable bonds is 53. The molecule has 5 aliphatic rings. The van der Waals surface area contributed by atoms with E-state index in [-0.39, 0.29) is 12.3 Å². The Kier molecular flexibility index (Phi) is 45.6. The van der Waals surface area contributed by atoms with Crippen molar-refractivity contribution in [1.82, 2.24) is 16.0 Å². The third-order valence-electron chi connectivity index (χ3n) is 20.6. The molecule has 18 N–H and O–H groups in total. The van der Waals surface area contributed by atoms with Gasteiger partial charge in [-0.3, -0.25) is 14.4 Å². The first-order valence-electron chi connectivity index (χ1n) is 39.5. The number of hydrogen-bond acceptors (Lipinski definition) is 28. The van der Waals surface area contributed by atoms with Crippen LogP contribution in [0.2, 0.25) is 0 Å². The van der Waals surface area contributed by atoms with Gasteiger partial charge in [0.25, 0.3) is 0 Å². The van der Waals surface area contributed by atoms with Gasteiger partial charge < -0.3 is 140 Å². The van der Waals surface area contributed by atoms with Gasteiger partial charge in [0.05, 0.1) is 51.8 Å². The van der Waals surface area contributed by atoms with Gasteiger partial charge in [-0.25, -0.2) is 0 Å². The van der Waals surface area contributed by atoms with E-state index in [2.05, 4.69) is 29.8 Å². The lowest BCUT2D eigenvalue weighted by molar-refractivity contribution is -0.389. The van der Waals surface area contributed by atoms with Crippen molar-refractivity contribution in [3.05, 3.63) is 12.2 Å². The SMILES string of the molecule is CCCCCCCCCCCCC/C=C/[C@@H](O)[C@H](CO[C@@H]1OC(CO)[C@@H](O[C@@H]2OC(CO)[C@H](O)[C@H](O[C@H]3OC(CO)[C@H](O)[C@H](O[C@@H]4OC(CO)[C@H](O)[C@H](O[C@H]5OC(CO)[C@H](O)[C@H](O)C5NC(C)=O)C4NC(C)=O)C3O)C2O)[C@H](O)C1O)NC(=O)CCCCCCCCCCCCCCCCCCCCC. The van der Waals surface area contributed by atoms with Crippen LogP contribution in [0.15, 0.2) is 12.2 Å². The summed E-state index contributed by atoms with van der Waals surface area (Å²) in [5.41, 5.74) is 0. The molecule has 105 heavy (non-hydrogen) atoms. The van der Waals surface area contributed by atoms with Gasteiger partial charge in [0, 0.05) is 20.3 Å². The second kappa shape index (κ2) is 51.7. The number of amides is 3. The van der Waals surface area contributed by atoms with Crippen LogP contribution in [0.25, 0.3) is 0 Å². The topological polar surface area (TPSA) is 483 Å². The van der Waals surface area contributed by atoms with Gasteiger partial charge in [-0.05, 0) is 19.3 Å². The standard InChI is InChI=1S/C74H135N3O28/c1-5-7-9-11-13-15-17-19-20-21-22-23-24-26-28-30-32-34-36-38-54(86)77-47(48(85)37-35-33-31-29-27-25-18-16-14-12-10-8-6-2)44-96-72-63(93)62(92)66(53(43-82)101-72)102-73-65(95)69(60(90)52(42-81)99-73)105-74-64(94)68(59(89)51(41-80)100-74)104-71-56(76-46(4)84)67(58(88)50(40-79)98-71)103-70-55(75-45(3)83)61(91)57(87)49(39-78)97-70/h35,37,47-53,55-74,78-82,85,87-95H,5-34,36,38-44H2,1-4H3,(H,75,83)(H,76,84)(H,77,86)/b37-35+/t47-,48+,49?,50?,51?,52?,53?,55?,56?,57-,58-,59-,60-,61+,62+,63?,64?,65?,66+,67+,68-,69-,70+,71-,72+,73-,74+/m0/s1. The van der Waals surface area contributed by atoms with Crippen molar-refractivity contribution >= 4 is 17.7 Å². The summed E-state index contributed by atoms with van der Waals surface area (Å²) in [6.07, 6.45) is -4.32. The van der Waals surface area contributed by atoms with E-state index in [1.807, 2.05) is 6.08 Å². The summed E-state index contributed by atoms with van der Waals surface area (Å²) in [6.45, 7) is 1.36. The first-order valence-corrected chi connectivity index (χ1v) is 39.5. The van der Waals surface area contributed by atoms with E-state index in [9.17, 15) is 91.0 Å². The predicted octanol–water partition coefficient (Wildman–Crippen LogP) is 1.31. The van der Waals surface area contributed by atoms with E-state index in [0.717, 1.165) is 65.2 Å². The smallest absolute Gasteiger partial charge is 0.220 e. The molecule has 0 aromatic rings. The molecule has 0 aromatic heterocycles. The Morgan fingerprint density at radius 1 is 0.371 bits per heavy atom. The van der Waals surface area contributed by atoms with Crippen molar-refractivity contribution in [3.63, 3.8) is 0 Å². The van der Waals surface area contributed by atoms with Crippen molar-refractivity contribution in [1.29, 1.82) is 0 Å². The van der Waals surface area contributed by atoms with Gasteiger partial charge in [-0.2, -0.15) is 0 Å². The summed E-state index contributed by atoms with van der Waals surface area (Å²) in [7, 11) is 0. The molecule has 0 radical (unpaired) electrons. The number of carbonyl (C=O) groups excluding carboxylic acids is 3. The fourth-order valence-corrected chi connectivity index (χ4v) is 14.3. The molecule has 27 atom stereocenters. The molecule has 0 aliphatic carbocycles. The van der Waals surface area contributed by atoms with Crippen LogP contribution in [0.1, 0.15) is 233 Å². The highest BCUT2D eigenvalue weighted by Crippen LogP contribution is 2.37. The van der Waals surface area contributed by atoms with Crippen molar-refractivity contribution in [2.75, 3.05) is 39.6 Å². The Labute approximate surface area is 620 Å². The van der Waals surface area contributed by atoms with Crippen LogP contribution >= 0.6 is 0 Å². The highest BCUT2D eigenvalue weighted by atomic mass is 16.8. The normalized spacial score (nSPS) is 34.4. The molecule has 5 saturated heterocycles. The zero-order valence-corrected chi connectivity index (χ0v) is 62.6. The van der Waals surface area contributed by atoms with E-state index in [1.165, 1.54) is 135 Å². The Bertz CT molecular complexity index is 2340. The van der Waals surface area contributed by atoms with Gasteiger partial charge in [0.1, 0.15) is 122 Å². The lowest BCUT2D eigenvalue weighted by atomic mass is 9.93. The van der Waals surface area contributed by atoms with E-state index < -0.39 is 217 Å². The van der Waals surface area contributed by atoms with Gasteiger partial charge in [0.15, 0.2) is 31.5 Å². The maximum absolute atomic E-state index is 13.5. The maximum Gasteiger partial charge on any atom is 0.220 e. The minimum atomic E-state index is -2.24. The highest BCUT2D eigenvalue weighted by Gasteiger charge is 2.58. The number of ether oxygens (including phenoxy) is 10. The molecule has 5 aliphatic heterocycles. The first-order chi connectivity index (χ1) is 50.6.